The quantitative estimate of drug-likeness (QED) is 0.797. The van der Waals surface area contributed by atoms with Gasteiger partial charge in [0, 0.05) is 12.5 Å². The number of nitroso groups, excluding NO2 is 1. The topological polar surface area (TPSA) is 41.5 Å². The lowest BCUT2D eigenvalue weighted by Crippen LogP contribution is -2.36. The van der Waals surface area contributed by atoms with E-state index in [1.54, 1.807) is 0 Å². The van der Waals surface area contributed by atoms with E-state index in [4.69, 9.17) is 0 Å². The fraction of sp³-hybridized carbons (Fsp3) is 0.500. The zero-order valence-electron chi connectivity index (χ0n) is 9.03. The fourth-order valence-corrected chi connectivity index (χ4v) is 2.36. The molecule has 0 spiro atoms. The third kappa shape index (κ3) is 2.44. The number of rotatable bonds is 3. The maximum absolute atomic E-state index is 12.8. The minimum absolute atomic E-state index is 0.220. The Morgan fingerprint density at radius 2 is 2.12 bits per heavy atom. The van der Waals surface area contributed by atoms with Crippen LogP contribution in [0, 0.1) is 16.6 Å². The molecule has 0 saturated carbocycles. The molecule has 0 aliphatic carbocycles. The second-order valence-corrected chi connectivity index (χ2v) is 4.22. The fourth-order valence-electron chi connectivity index (χ4n) is 2.36. The van der Waals surface area contributed by atoms with Crippen molar-refractivity contribution in [2.24, 2.45) is 11.1 Å². The number of hydrogen-bond donors (Lipinski definition) is 1. The summed E-state index contributed by atoms with van der Waals surface area (Å²) in [5.74, 6) is 0.332. The van der Waals surface area contributed by atoms with E-state index < -0.39 is 0 Å². The molecule has 1 fully saturated rings. The monoisotopic (exact) mass is 222 g/mol. The minimum Gasteiger partial charge on any atom is -0.316 e. The molecule has 2 rings (SSSR count). The Morgan fingerprint density at radius 3 is 2.81 bits per heavy atom. The number of nitrogens with zero attached hydrogens (tertiary/aromatic N) is 1. The molecular formula is C12H15FN2O. The average molecular weight is 222 g/mol. The molecule has 1 aromatic rings. The van der Waals surface area contributed by atoms with Crippen molar-refractivity contribution in [1.82, 2.24) is 5.32 Å². The Kier molecular flexibility index (Phi) is 3.62. The highest BCUT2D eigenvalue weighted by molar-refractivity contribution is 5.22. The van der Waals surface area contributed by atoms with Crippen molar-refractivity contribution in [3.63, 3.8) is 0 Å². The van der Waals surface area contributed by atoms with E-state index in [2.05, 4.69) is 10.5 Å². The molecule has 0 amide bonds. The summed E-state index contributed by atoms with van der Waals surface area (Å²) < 4.78 is 12.8. The lowest BCUT2D eigenvalue weighted by Gasteiger charge is -2.30. The highest BCUT2D eigenvalue weighted by Gasteiger charge is 2.26. The molecule has 2 atom stereocenters. The molecule has 1 aliphatic rings. The second-order valence-electron chi connectivity index (χ2n) is 4.22. The first-order valence-corrected chi connectivity index (χ1v) is 5.56. The zero-order chi connectivity index (χ0) is 11.4. The van der Waals surface area contributed by atoms with Gasteiger partial charge in [-0.1, -0.05) is 17.3 Å². The summed E-state index contributed by atoms with van der Waals surface area (Å²) in [5, 5.41) is 6.25. The van der Waals surface area contributed by atoms with Gasteiger partial charge < -0.3 is 5.32 Å². The lowest BCUT2D eigenvalue weighted by atomic mass is 9.81. The number of piperidine rings is 1. The maximum atomic E-state index is 12.8. The van der Waals surface area contributed by atoms with E-state index in [-0.39, 0.29) is 11.7 Å². The highest BCUT2D eigenvalue weighted by Crippen LogP contribution is 2.30. The van der Waals surface area contributed by atoms with Crippen LogP contribution in [0.15, 0.2) is 29.4 Å². The van der Waals surface area contributed by atoms with Gasteiger partial charge in [0.15, 0.2) is 0 Å². The predicted molar refractivity (Wildman–Crippen MR) is 60.8 cm³/mol. The standard InChI is InChI=1S/C12H15FN2O/c13-11-3-1-9(2-4-11)12-5-6-14-7-10(12)8-15-16/h1-4,10,12,14H,5-8H2/t10-,12-/m0/s1. The van der Waals surface area contributed by atoms with Gasteiger partial charge in [-0.05, 0) is 36.6 Å². The summed E-state index contributed by atoms with van der Waals surface area (Å²) in [6.07, 6.45) is 0.978. The van der Waals surface area contributed by atoms with Crippen LogP contribution in [0.2, 0.25) is 0 Å². The molecule has 0 radical (unpaired) electrons. The number of nitrogens with one attached hydrogen (secondary N) is 1. The molecule has 0 unspecified atom stereocenters. The van der Waals surface area contributed by atoms with Crippen LogP contribution in [0.1, 0.15) is 17.9 Å². The van der Waals surface area contributed by atoms with E-state index in [9.17, 15) is 9.30 Å². The molecule has 16 heavy (non-hydrogen) atoms. The molecule has 4 heteroatoms. The Hall–Kier alpha value is -1.29. The van der Waals surface area contributed by atoms with Gasteiger partial charge in [0.1, 0.15) is 5.82 Å². The zero-order valence-corrected chi connectivity index (χ0v) is 9.03. The molecule has 0 bridgehead atoms. The van der Waals surface area contributed by atoms with Crippen molar-refractivity contribution >= 4 is 0 Å². The third-order valence-corrected chi connectivity index (χ3v) is 3.21. The Labute approximate surface area is 94.0 Å². The first kappa shape index (κ1) is 11.2. The van der Waals surface area contributed by atoms with Crippen LogP contribution < -0.4 is 5.32 Å². The van der Waals surface area contributed by atoms with Crippen molar-refractivity contribution in [1.29, 1.82) is 0 Å². The Balaban J connectivity index is 2.15. The van der Waals surface area contributed by atoms with Gasteiger partial charge in [0.2, 0.25) is 0 Å². The molecule has 1 N–H and O–H groups in total. The molecule has 1 aliphatic heterocycles. The van der Waals surface area contributed by atoms with Gasteiger partial charge in [-0.15, -0.1) is 0 Å². The summed E-state index contributed by atoms with van der Waals surface area (Å²) in [6, 6.07) is 6.57. The molecule has 1 saturated heterocycles. The SMILES string of the molecule is O=NC[C@@H]1CNCC[C@H]1c1ccc(F)cc1. The van der Waals surface area contributed by atoms with Crippen LogP contribution >= 0.6 is 0 Å². The van der Waals surface area contributed by atoms with Gasteiger partial charge in [-0.3, -0.25) is 0 Å². The van der Waals surface area contributed by atoms with Gasteiger partial charge in [-0.25, -0.2) is 4.39 Å². The molecular weight excluding hydrogens is 207 g/mol. The number of halogens is 1. The summed E-state index contributed by atoms with van der Waals surface area (Å²) in [4.78, 5) is 10.4. The van der Waals surface area contributed by atoms with Crippen LogP contribution in [0.5, 0.6) is 0 Å². The highest BCUT2D eigenvalue weighted by atomic mass is 19.1. The summed E-state index contributed by atoms with van der Waals surface area (Å²) >= 11 is 0. The minimum atomic E-state index is -0.220. The first-order chi connectivity index (χ1) is 7.81. The van der Waals surface area contributed by atoms with Gasteiger partial charge in [0.05, 0.1) is 6.54 Å². The molecule has 1 aromatic carbocycles. The normalized spacial score (nSPS) is 25.3. The summed E-state index contributed by atoms with van der Waals surface area (Å²) in [6.45, 7) is 2.08. The van der Waals surface area contributed by atoms with Gasteiger partial charge in [-0.2, -0.15) is 4.91 Å². The van der Waals surface area contributed by atoms with Crippen LogP contribution in [-0.2, 0) is 0 Å². The smallest absolute Gasteiger partial charge is 0.123 e. The van der Waals surface area contributed by atoms with Crippen LogP contribution in [0.4, 0.5) is 4.39 Å². The molecule has 86 valence electrons. The van der Waals surface area contributed by atoms with E-state index in [1.807, 2.05) is 12.1 Å². The van der Waals surface area contributed by atoms with Gasteiger partial charge in [0.25, 0.3) is 0 Å². The Bertz CT molecular complexity index is 353. The predicted octanol–water partition coefficient (Wildman–Crippen LogP) is 2.29. The van der Waals surface area contributed by atoms with Crippen molar-refractivity contribution in [3.05, 3.63) is 40.6 Å². The molecule has 0 aromatic heterocycles. The lowest BCUT2D eigenvalue weighted by molar-refractivity contribution is 0.333. The van der Waals surface area contributed by atoms with Crippen molar-refractivity contribution < 1.29 is 4.39 Å². The van der Waals surface area contributed by atoms with Crippen molar-refractivity contribution in [2.45, 2.75) is 12.3 Å². The van der Waals surface area contributed by atoms with Crippen molar-refractivity contribution in [2.75, 3.05) is 19.6 Å². The maximum Gasteiger partial charge on any atom is 0.123 e. The largest absolute Gasteiger partial charge is 0.316 e. The number of benzene rings is 1. The van der Waals surface area contributed by atoms with E-state index in [0.29, 0.717) is 12.5 Å². The molecule has 3 nitrogen and oxygen atoms in total. The van der Waals surface area contributed by atoms with E-state index in [1.165, 1.54) is 12.1 Å². The molecule has 1 heterocycles. The summed E-state index contributed by atoms with van der Waals surface area (Å²) in [5.41, 5.74) is 1.11. The Morgan fingerprint density at radius 1 is 1.38 bits per heavy atom. The van der Waals surface area contributed by atoms with E-state index in [0.717, 1.165) is 25.1 Å². The third-order valence-electron chi connectivity index (χ3n) is 3.21. The van der Waals surface area contributed by atoms with Gasteiger partial charge >= 0.3 is 0 Å². The number of hydrogen-bond acceptors (Lipinski definition) is 3. The van der Waals surface area contributed by atoms with Crippen molar-refractivity contribution in [3.8, 4) is 0 Å². The van der Waals surface area contributed by atoms with Crippen LogP contribution in [0.25, 0.3) is 0 Å². The average Bonchev–Trinajstić information content (AvgIpc) is 2.32. The summed E-state index contributed by atoms with van der Waals surface area (Å²) in [7, 11) is 0. The van der Waals surface area contributed by atoms with E-state index >= 15 is 0 Å². The first-order valence-electron chi connectivity index (χ1n) is 5.56. The van der Waals surface area contributed by atoms with Crippen LogP contribution in [0.3, 0.4) is 0 Å². The van der Waals surface area contributed by atoms with Crippen LogP contribution in [-0.4, -0.2) is 19.6 Å². The second kappa shape index (κ2) is 5.16.